The number of amides is 1. The van der Waals surface area contributed by atoms with E-state index in [1.54, 1.807) is 6.07 Å². The maximum Gasteiger partial charge on any atom is 0.248 e. The van der Waals surface area contributed by atoms with Gasteiger partial charge in [-0.1, -0.05) is 20.3 Å². The largest absolute Gasteiger partial charge is 0.366 e. The number of nitrogens with zero attached hydrogens (tertiary/aromatic N) is 3. The predicted octanol–water partition coefficient (Wildman–Crippen LogP) is 1.34. The van der Waals surface area contributed by atoms with Gasteiger partial charge in [-0.15, -0.1) is 10.2 Å². The summed E-state index contributed by atoms with van der Waals surface area (Å²) in [6.45, 7) is 4.13. The highest BCUT2D eigenvalue weighted by atomic mass is 16.1. The Bertz CT molecular complexity index is 559. The van der Waals surface area contributed by atoms with Gasteiger partial charge in [0.1, 0.15) is 5.82 Å². The molecule has 0 spiro atoms. The maximum absolute atomic E-state index is 11.2. The van der Waals surface area contributed by atoms with Crippen molar-refractivity contribution in [3.05, 3.63) is 29.2 Å². The molecule has 5 heteroatoms. The minimum Gasteiger partial charge on any atom is -0.366 e. The van der Waals surface area contributed by atoms with Crippen molar-refractivity contribution in [1.29, 1.82) is 0 Å². The number of primary amides is 1. The number of carbonyl (C=O) groups is 1. The van der Waals surface area contributed by atoms with Gasteiger partial charge in [0.2, 0.25) is 5.91 Å². The van der Waals surface area contributed by atoms with E-state index in [1.807, 2.05) is 17.4 Å². The van der Waals surface area contributed by atoms with Crippen molar-refractivity contribution >= 4 is 11.6 Å². The fraction of sp³-hybridized carbons (Fsp3) is 0.417. The number of hydrogen-bond acceptors (Lipinski definition) is 3. The molecular formula is C12H16N4O. The van der Waals surface area contributed by atoms with Crippen LogP contribution in [0.15, 0.2) is 12.1 Å². The molecule has 0 unspecified atom stereocenters. The fourth-order valence-electron chi connectivity index (χ4n) is 1.97. The van der Waals surface area contributed by atoms with E-state index in [0.717, 1.165) is 30.8 Å². The number of rotatable bonds is 4. The zero-order chi connectivity index (χ0) is 12.4. The molecule has 2 N–H and O–H groups in total. The average molecular weight is 232 g/mol. The van der Waals surface area contributed by atoms with Crippen LogP contribution in [0.2, 0.25) is 0 Å². The van der Waals surface area contributed by atoms with Crippen LogP contribution in [0.5, 0.6) is 0 Å². The Morgan fingerprint density at radius 3 is 2.71 bits per heavy atom. The highest BCUT2D eigenvalue weighted by Gasteiger charge is 2.11. The molecule has 2 aromatic rings. The van der Waals surface area contributed by atoms with E-state index < -0.39 is 5.91 Å². The Morgan fingerprint density at radius 2 is 2.12 bits per heavy atom. The van der Waals surface area contributed by atoms with Crippen molar-refractivity contribution in [2.45, 2.75) is 33.1 Å². The van der Waals surface area contributed by atoms with Gasteiger partial charge in [0.25, 0.3) is 0 Å². The summed E-state index contributed by atoms with van der Waals surface area (Å²) in [7, 11) is 0. The molecule has 2 heterocycles. The maximum atomic E-state index is 11.2. The molecule has 0 aliphatic heterocycles. The Balaban J connectivity index is 2.69. The minimum absolute atomic E-state index is 0.425. The number of nitrogens with two attached hydrogens (primary N) is 1. The number of hydrogen-bond donors (Lipinski definition) is 1. The van der Waals surface area contributed by atoms with Gasteiger partial charge in [-0.2, -0.15) is 0 Å². The van der Waals surface area contributed by atoms with Crippen LogP contribution in [0.1, 0.15) is 42.1 Å². The van der Waals surface area contributed by atoms with E-state index >= 15 is 0 Å². The summed E-state index contributed by atoms with van der Waals surface area (Å²) in [4.78, 5) is 11.2. The second-order valence-corrected chi connectivity index (χ2v) is 4.01. The number of aryl methyl sites for hydroxylation is 2. The second-order valence-electron chi connectivity index (χ2n) is 4.01. The molecule has 90 valence electrons. The zero-order valence-electron chi connectivity index (χ0n) is 10.1. The van der Waals surface area contributed by atoms with Gasteiger partial charge in [0, 0.05) is 17.7 Å². The van der Waals surface area contributed by atoms with E-state index in [-0.39, 0.29) is 0 Å². The molecule has 2 aromatic heterocycles. The normalized spacial score (nSPS) is 10.9. The molecule has 0 bridgehead atoms. The van der Waals surface area contributed by atoms with Crippen LogP contribution in [-0.4, -0.2) is 20.5 Å². The summed E-state index contributed by atoms with van der Waals surface area (Å²) >= 11 is 0. The molecule has 1 amide bonds. The Morgan fingerprint density at radius 1 is 1.35 bits per heavy atom. The Labute approximate surface area is 99.6 Å². The third kappa shape index (κ3) is 2.00. The molecule has 0 aromatic carbocycles. The first-order chi connectivity index (χ1) is 8.17. The van der Waals surface area contributed by atoms with E-state index in [1.165, 1.54) is 0 Å². The lowest BCUT2D eigenvalue weighted by Crippen LogP contribution is -2.13. The van der Waals surface area contributed by atoms with E-state index in [2.05, 4.69) is 17.1 Å². The Hall–Kier alpha value is -1.91. The van der Waals surface area contributed by atoms with Crippen molar-refractivity contribution in [1.82, 2.24) is 14.6 Å². The molecule has 0 radical (unpaired) electrons. The molecule has 0 fully saturated rings. The summed E-state index contributed by atoms with van der Waals surface area (Å²) in [6.07, 6.45) is 2.69. The van der Waals surface area contributed by atoms with Gasteiger partial charge in [0.15, 0.2) is 5.65 Å². The fourth-order valence-corrected chi connectivity index (χ4v) is 1.97. The summed E-state index contributed by atoms with van der Waals surface area (Å²) in [5.74, 6) is 0.491. The van der Waals surface area contributed by atoms with E-state index in [9.17, 15) is 4.79 Å². The zero-order valence-corrected chi connectivity index (χ0v) is 10.1. The molecule has 2 rings (SSSR count). The molecule has 0 aliphatic rings. The summed E-state index contributed by atoms with van der Waals surface area (Å²) in [6, 6.07) is 3.52. The summed E-state index contributed by atoms with van der Waals surface area (Å²) in [5.41, 5.74) is 7.55. The number of pyridine rings is 1. The monoisotopic (exact) mass is 232 g/mol. The third-order valence-electron chi connectivity index (χ3n) is 2.76. The molecule has 17 heavy (non-hydrogen) atoms. The highest BCUT2D eigenvalue weighted by molar-refractivity contribution is 5.93. The van der Waals surface area contributed by atoms with Crippen molar-refractivity contribution in [3.8, 4) is 0 Å². The van der Waals surface area contributed by atoms with Crippen molar-refractivity contribution in [2.24, 2.45) is 5.73 Å². The molecular weight excluding hydrogens is 216 g/mol. The van der Waals surface area contributed by atoms with E-state index in [0.29, 0.717) is 11.2 Å². The quantitative estimate of drug-likeness (QED) is 0.864. The molecule has 0 atom stereocenters. The molecule has 0 aliphatic carbocycles. The first kappa shape index (κ1) is 11.6. The SMILES string of the molecule is CCCc1cc(C(N)=O)cc2nnc(CC)n12. The first-order valence-corrected chi connectivity index (χ1v) is 5.84. The minimum atomic E-state index is -0.425. The standard InChI is InChI=1S/C12H16N4O/c1-3-5-9-6-8(12(13)17)7-11-15-14-10(4-2)16(9)11/h6-7H,3-5H2,1-2H3,(H2,13,17). The van der Waals surface area contributed by atoms with Crippen LogP contribution in [0, 0.1) is 0 Å². The smallest absolute Gasteiger partial charge is 0.248 e. The van der Waals surface area contributed by atoms with Gasteiger partial charge in [-0.25, -0.2) is 0 Å². The van der Waals surface area contributed by atoms with Gasteiger partial charge in [-0.05, 0) is 18.6 Å². The van der Waals surface area contributed by atoms with Crippen LogP contribution in [0.4, 0.5) is 0 Å². The van der Waals surface area contributed by atoms with Gasteiger partial charge < -0.3 is 5.73 Å². The molecule has 0 saturated carbocycles. The lowest BCUT2D eigenvalue weighted by molar-refractivity contribution is 0.1000. The molecule has 0 saturated heterocycles. The van der Waals surface area contributed by atoms with Crippen LogP contribution in [-0.2, 0) is 12.8 Å². The lowest BCUT2D eigenvalue weighted by Gasteiger charge is -2.07. The van der Waals surface area contributed by atoms with E-state index in [4.69, 9.17) is 5.73 Å². The van der Waals surface area contributed by atoms with Crippen LogP contribution in [0.25, 0.3) is 5.65 Å². The number of aromatic nitrogens is 3. The van der Waals surface area contributed by atoms with Gasteiger partial charge >= 0.3 is 0 Å². The number of fused-ring (bicyclic) bond motifs is 1. The van der Waals surface area contributed by atoms with Crippen LogP contribution < -0.4 is 5.73 Å². The summed E-state index contributed by atoms with van der Waals surface area (Å²) in [5, 5.41) is 8.20. The topological polar surface area (TPSA) is 73.3 Å². The van der Waals surface area contributed by atoms with Crippen molar-refractivity contribution in [3.63, 3.8) is 0 Å². The third-order valence-corrected chi connectivity index (χ3v) is 2.76. The highest BCUT2D eigenvalue weighted by Crippen LogP contribution is 2.14. The average Bonchev–Trinajstić information content (AvgIpc) is 2.72. The molecule has 5 nitrogen and oxygen atoms in total. The van der Waals surface area contributed by atoms with Crippen LogP contribution in [0.3, 0.4) is 0 Å². The van der Waals surface area contributed by atoms with Gasteiger partial charge in [-0.3, -0.25) is 9.20 Å². The number of carbonyl (C=O) groups excluding carboxylic acids is 1. The van der Waals surface area contributed by atoms with Gasteiger partial charge in [0.05, 0.1) is 0 Å². The Kier molecular flexibility index (Phi) is 3.08. The second kappa shape index (κ2) is 4.53. The predicted molar refractivity (Wildman–Crippen MR) is 64.9 cm³/mol. The lowest BCUT2D eigenvalue weighted by atomic mass is 10.1. The summed E-state index contributed by atoms with van der Waals surface area (Å²) < 4.78 is 2.01. The van der Waals surface area contributed by atoms with Crippen molar-refractivity contribution in [2.75, 3.05) is 0 Å². The first-order valence-electron chi connectivity index (χ1n) is 5.84. The van der Waals surface area contributed by atoms with Crippen molar-refractivity contribution < 1.29 is 4.79 Å². The van der Waals surface area contributed by atoms with Crippen LogP contribution >= 0.6 is 0 Å².